The van der Waals surface area contributed by atoms with E-state index in [1.165, 1.54) is 28.7 Å². The van der Waals surface area contributed by atoms with Crippen LogP contribution in [0.4, 0.5) is 0 Å². The van der Waals surface area contributed by atoms with E-state index in [4.69, 9.17) is 0 Å². The van der Waals surface area contributed by atoms with Gasteiger partial charge in [-0.2, -0.15) is 0 Å². The molecule has 92 valence electrons. The highest BCUT2D eigenvalue weighted by Gasteiger charge is 2.15. The van der Waals surface area contributed by atoms with Crippen LogP contribution in [0.25, 0.3) is 11.1 Å². The predicted octanol–water partition coefficient (Wildman–Crippen LogP) is 3.74. The SMILES string of the molecule is Cc1ccc(-c2ccc(C3CCNC3)cc2)cc1. The van der Waals surface area contributed by atoms with Crippen LogP contribution >= 0.6 is 0 Å². The molecule has 0 saturated carbocycles. The van der Waals surface area contributed by atoms with Crippen LogP contribution in [0, 0.1) is 6.92 Å². The van der Waals surface area contributed by atoms with Crippen LogP contribution in [0.15, 0.2) is 48.5 Å². The van der Waals surface area contributed by atoms with Gasteiger partial charge in [-0.1, -0.05) is 54.1 Å². The summed E-state index contributed by atoms with van der Waals surface area (Å²) < 4.78 is 0. The maximum atomic E-state index is 3.42. The lowest BCUT2D eigenvalue weighted by Gasteiger charge is -2.10. The second kappa shape index (κ2) is 4.95. The van der Waals surface area contributed by atoms with Gasteiger partial charge >= 0.3 is 0 Å². The van der Waals surface area contributed by atoms with Crippen LogP contribution in [0.3, 0.4) is 0 Å². The Kier molecular flexibility index (Phi) is 3.16. The molecule has 1 atom stereocenters. The minimum atomic E-state index is 0.706. The normalized spacial score (nSPS) is 19.1. The van der Waals surface area contributed by atoms with Gasteiger partial charge in [0.05, 0.1) is 0 Å². The van der Waals surface area contributed by atoms with E-state index in [2.05, 4.69) is 60.8 Å². The Morgan fingerprint density at radius 2 is 1.50 bits per heavy atom. The smallest absolute Gasteiger partial charge is 0.00206 e. The molecule has 1 fully saturated rings. The molecular formula is C17H19N. The van der Waals surface area contributed by atoms with Gasteiger partial charge in [0.2, 0.25) is 0 Å². The van der Waals surface area contributed by atoms with Crippen LogP contribution < -0.4 is 5.32 Å². The molecule has 2 aromatic rings. The number of benzene rings is 2. The maximum absolute atomic E-state index is 3.42. The fourth-order valence-corrected chi connectivity index (χ4v) is 2.63. The summed E-state index contributed by atoms with van der Waals surface area (Å²) in [5.74, 6) is 0.706. The minimum Gasteiger partial charge on any atom is -0.316 e. The first-order chi connectivity index (χ1) is 8.83. The highest BCUT2D eigenvalue weighted by Crippen LogP contribution is 2.26. The van der Waals surface area contributed by atoms with Crippen molar-refractivity contribution in [2.75, 3.05) is 13.1 Å². The van der Waals surface area contributed by atoms with Crippen LogP contribution in [0.5, 0.6) is 0 Å². The van der Waals surface area contributed by atoms with E-state index >= 15 is 0 Å². The number of hydrogen-bond acceptors (Lipinski definition) is 1. The lowest BCUT2D eigenvalue weighted by Crippen LogP contribution is -2.07. The molecule has 1 unspecified atom stereocenters. The summed E-state index contributed by atoms with van der Waals surface area (Å²) in [4.78, 5) is 0. The summed E-state index contributed by atoms with van der Waals surface area (Å²) in [6, 6.07) is 17.8. The Balaban J connectivity index is 1.84. The summed E-state index contributed by atoms with van der Waals surface area (Å²) in [7, 11) is 0. The zero-order chi connectivity index (χ0) is 12.4. The Bertz CT molecular complexity index is 504. The van der Waals surface area contributed by atoms with E-state index in [0.29, 0.717) is 5.92 Å². The fourth-order valence-electron chi connectivity index (χ4n) is 2.63. The molecular weight excluding hydrogens is 218 g/mol. The molecule has 0 aromatic heterocycles. The van der Waals surface area contributed by atoms with E-state index in [0.717, 1.165) is 13.1 Å². The molecule has 0 radical (unpaired) electrons. The molecule has 2 aromatic carbocycles. The molecule has 18 heavy (non-hydrogen) atoms. The number of hydrogen-bond donors (Lipinski definition) is 1. The van der Waals surface area contributed by atoms with Gasteiger partial charge in [-0.15, -0.1) is 0 Å². The van der Waals surface area contributed by atoms with Crippen molar-refractivity contribution >= 4 is 0 Å². The van der Waals surface area contributed by atoms with Gasteiger partial charge in [0, 0.05) is 6.54 Å². The number of rotatable bonds is 2. The van der Waals surface area contributed by atoms with Gasteiger partial charge in [0.15, 0.2) is 0 Å². The first-order valence-electron chi connectivity index (χ1n) is 6.71. The van der Waals surface area contributed by atoms with Crippen LogP contribution in [0.2, 0.25) is 0 Å². The molecule has 1 N–H and O–H groups in total. The molecule has 0 amide bonds. The van der Waals surface area contributed by atoms with Crippen molar-refractivity contribution in [1.29, 1.82) is 0 Å². The molecule has 3 rings (SSSR count). The van der Waals surface area contributed by atoms with Crippen LogP contribution in [0.1, 0.15) is 23.5 Å². The summed E-state index contributed by atoms with van der Waals surface area (Å²) in [5.41, 5.74) is 5.39. The highest BCUT2D eigenvalue weighted by atomic mass is 14.9. The average Bonchev–Trinajstić information content (AvgIpc) is 2.94. The Morgan fingerprint density at radius 1 is 0.889 bits per heavy atom. The Hall–Kier alpha value is -1.60. The van der Waals surface area contributed by atoms with Gasteiger partial charge in [-0.25, -0.2) is 0 Å². The zero-order valence-electron chi connectivity index (χ0n) is 10.8. The van der Waals surface area contributed by atoms with Crippen LogP contribution in [-0.2, 0) is 0 Å². The molecule has 0 bridgehead atoms. The second-order valence-corrected chi connectivity index (χ2v) is 5.18. The van der Waals surface area contributed by atoms with Crippen molar-refractivity contribution in [3.05, 3.63) is 59.7 Å². The third-order valence-electron chi connectivity index (χ3n) is 3.83. The summed E-state index contributed by atoms with van der Waals surface area (Å²) in [5, 5.41) is 3.42. The minimum absolute atomic E-state index is 0.706. The van der Waals surface area contributed by atoms with Crippen molar-refractivity contribution in [2.45, 2.75) is 19.3 Å². The monoisotopic (exact) mass is 237 g/mol. The predicted molar refractivity (Wildman–Crippen MR) is 76.8 cm³/mol. The number of aryl methyl sites for hydroxylation is 1. The summed E-state index contributed by atoms with van der Waals surface area (Å²) in [6.07, 6.45) is 1.27. The van der Waals surface area contributed by atoms with Gasteiger partial charge in [-0.05, 0) is 42.5 Å². The molecule has 1 aliphatic rings. The van der Waals surface area contributed by atoms with Crippen molar-refractivity contribution in [3.8, 4) is 11.1 Å². The first-order valence-corrected chi connectivity index (χ1v) is 6.71. The lowest BCUT2D eigenvalue weighted by molar-refractivity contribution is 0.763. The summed E-state index contributed by atoms with van der Waals surface area (Å²) in [6.45, 7) is 4.41. The molecule has 1 nitrogen and oxygen atoms in total. The van der Waals surface area contributed by atoms with Gasteiger partial charge in [0.25, 0.3) is 0 Å². The molecule has 0 spiro atoms. The van der Waals surface area contributed by atoms with Crippen molar-refractivity contribution in [3.63, 3.8) is 0 Å². The standard InChI is InChI=1S/C17H19N/c1-13-2-4-14(5-3-13)15-6-8-16(9-7-15)17-10-11-18-12-17/h2-9,17-18H,10-12H2,1H3. The van der Waals surface area contributed by atoms with E-state index in [-0.39, 0.29) is 0 Å². The van der Waals surface area contributed by atoms with Crippen LogP contribution in [-0.4, -0.2) is 13.1 Å². The largest absolute Gasteiger partial charge is 0.316 e. The van der Waals surface area contributed by atoms with Crippen molar-refractivity contribution in [2.24, 2.45) is 0 Å². The quantitative estimate of drug-likeness (QED) is 0.839. The summed E-state index contributed by atoms with van der Waals surface area (Å²) >= 11 is 0. The first kappa shape index (κ1) is 11.5. The van der Waals surface area contributed by atoms with Crippen molar-refractivity contribution in [1.82, 2.24) is 5.32 Å². The molecule has 1 heteroatoms. The highest BCUT2D eigenvalue weighted by molar-refractivity contribution is 5.64. The second-order valence-electron chi connectivity index (χ2n) is 5.18. The van der Waals surface area contributed by atoms with E-state index in [1.54, 1.807) is 0 Å². The third kappa shape index (κ3) is 2.32. The third-order valence-corrected chi connectivity index (χ3v) is 3.83. The Labute approximate surface area is 109 Å². The fraction of sp³-hybridized carbons (Fsp3) is 0.294. The van der Waals surface area contributed by atoms with Crippen molar-refractivity contribution < 1.29 is 0 Å². The number of nitrogens with one attached hydrogen (secondary N) is 1. The maximum Gasteiger partial charge on any atom is 0.00206 e. The topological polar surface area (TPSA) is 12.0 Å². The Morgan fingerprint density at radius 3 is 2.06 bits per heavy atom. The lowest BCUT2D eigenvalue weighted by atomic mass is 9.95. The zero-order valence-corrected chi connectivity index (χ0v) is 10.8. The average molecular weight is 237 g/mol. The van der Waals surface area contributed by atoms with Gasteiger partial charge in [0.1, 0.15) is 0 Å². The molecule has 1 heterocycles. The van der Waals surface area contributed by atoms with E-state index in [1.807, 2.05) is 0 Å². The molecule has 1 aliphatic heterocycles. The van der Waals surface area contributed by atoms with Gasteiger partial charge < -0.3 is 5.32 Å². The van der Waals surface area contributed by atoms with Gasteiger partial charge in [-0.3, -0.25) is 0 Å². The molecule has 1 saturated heterocycles. The van der Waals surface area contributed by atoms with E-state index in [9.17, 15) is 0 Å². The molecule has 0 aliphatic carbocycles. The van der Waals surface area contributed by atoms with E-state index < -0.39 is 0 Å².